The Morgan fingerprint density at radius 3 is 1.15 bits per heavy atom. The Labute approximate surface area is 341 Å². The molecule has 54 heavy (non-hydrogen) atoms. The second-order valence-electron chi connectivity index (χ2n) is 13.8. The molecule has 5 aromatic rings. The highest BCUT2D eigenvalue weighted by Gasteiger charge is 2.09. The smallest absolute Gasteiger partial charge is 0.119 e. The lowest BCUT2D eigenvalue weighted by molar-refractivity contribution is 0.306. The van der Waals surface area contributed by atoms with Crippen molar-refractivity contribution in [2.75, 3.05) is 0 Å². The lowest BCUT2D eigenvalue weighted by atomic mass is 9.92. The van der Waals surface area contributed by atoms with Gasteiger partial charge < -0.3 is 9.47 Å². The predicted octanol–water partition coefficient (Wildman–Crippen LogP) is 13.7. The van der Waals surface area contributed by atoms with Crippen LogP contribution in [0.3, 0.4) is 0 Å². The molecule has 2 nitrogen and oxygen atoms in total. The van der Waals surface area contributed by atoms with E-state index in [4.69, 9.17) is 9.47 Å². The fourth-order valence-electron chi connectivity index (χ4n) is 6.15. The van der Waals surface area contributed by atoms with Crippen molar-refractivity contribution in [3.63, 3.8) is 0 Å². The zero-order valence-electron chi connectivity index (χ0n) is 31.9. The van der Waals surface area contributed by atoms with Gasteiger partial charge in [0.1, 0.15) is 24.7 Å². The number of ether oxygens (including phenoxy) is 2. The van der Waals surface area contributed by atoms with Gasteiger partial charge in [-0.05, 0) is 120 Å². The van der Waals surface area contributed by atoms with Crippen LogP contribution < -0.4 is 9.47 Å². The summed E-state index contributed by atoms with van der Waals surface area (Å²) in [6, 6.07) is 37.9. The van der Waals surface area contributed by atoms with Crippen LogP contribution in [0.4, 0.5) is 0 Å². The van der Waals surface area contributed by atoms with Gasteiger partial charge in [0, 0.05) is 32.9 Å². The fourth-order valence-corrected chi connectivity index (χ4v) is 6.90. The molecular weight excluding hydrogens is 792 g/mol. The van der Waals surface area contributed by atoms with Gasteiger partial charge in [-0.15, -0.1) is 0 Å². The molecule has 0 aliphatic carbocycles. The summed E-state index contributed by atoms with van der Waals surface area (Å²) in [6.45, 7) is 5.61. The van der Waals surface area contributed by atoms with Gasteiger partial charge in [-0.25, -0.2) is 0 Å². The molecule has 0 aliphatic heterocycles. The molecule has 0 bridgehead atoms. The maximum Gasteiger partial charge on any atom is 0.119 e. The molecule has 0 unspecified atom stereocenters. The third kappa shape index (κ3) is 13.6. The van der Waals surface area contributed by atoms with Crippen LogP contribution in [0, 0.1) is 23.7 Å². The van der Waals surface area contributed by atoms with E-state index in [1.807, 2.05) is 24.3 Å². The Morgan fingerprint density at radius 1 is 0.426 bits per heavy atom. The maximum atomic E-state index is 6.06. The van der Waals surface area contributed by atoms with Crippen LogP contribution in [0.5, 0.6) is 11.5 Å². The first-order valence-electron chi connectivity index (χ1n) is 19.5. The van der Waals surface area contributed by atoms with E-state index in [2.05, 4.69) is 154 Å². The van der Waals surface area contributed by atoms with Crippen molar-refractivity contribution in [1.29, 1.82) is 0 Å². The van der Waals surface area contributed by atoms with Gasteiger partial charge in [-0.2, -0.15) is 0 Å². The number of rotatable bonds is 18. The second kappa shape index (κ2) is 22.9. The van der Waals surface area contributed by atoms with Crippen LogP contribution in [0.1, 0.15) is 121 Å². The Balaban J connectivity index is 1.33. The van der Waals surface area contributed by atoms with Crippen molar-refractivity contribution in [1.82, 2.24) is 0 Å². The van der Waals surface area contributed by atoms with Gasteiger partial charge >= 0.3 is 0 Å². The third-order valence-corrected chi connectivity index (χ3v) is 10.8. The van der Waals surface area contributed by atoms with Crippen LogP contribution in [-0.4, -0.2) is 0 Å². The first-order chi connectivity index (χ1) is 26.6. The monoisotopic (exact) mass is 842 g/mol. The highest BCUT2D eigenvalue weighted by molar-refractivity contribution is 9.08. The SMILES string of the molecule is CCCCCCc1cc(C#Cc2ccc(OCc3ccc(CBr)cc3)cc2)c(CCCCCC)cc1C#Cc1ccc(OCc2ccc(CBr)cc2)cc1. The molecule has 4 heteroatoms. The van der Waals surface area contributed by atoms with Gasteiger partial charge in [0.05, 0.1) is 0 Å². The molecule has 0 atom stereocenters. The van der Waals surface area contributed by atoms with Gasteiger partial charge in [0.25, 0.3) is 0 Å². The average molecular weight is 845 g/mol. The quantitative estimate of drug-likeness (QED) is 0.0497. The Kier molecular flexibility index (Phi) is 17.3. The molecule has 0 aliphatic rings. The highest BCUT2D eigenvalue weighted by Crippen LogP contribution is 2.23. The Hall–Kier alpha value is -4.22. The standard InChI is InChI=1S/C50H52Br2O2/c1-3-5-7-9-11-45-33-48(28-22-40-25-31-50(32-26-40)54-38-44-19-15-42(36-52)16-20-44)46(12-10-8-6-4-2)34-47(45)27-21-39-23-29-49(30-24-39)53-37-43-17-13-41(35-51)14-18-43/h13-20,23-26,29-34H,3-12,35-38H2,1-2H3. The molecular formula is C50H52Br2O2. The van der Waals surface area contributed by atoms with Gasteiger partial charge in [0.15, 0.2) is 0 Å². The summed E-state index contributed by atoms with van der Waals surface area (Å²) in [5.74, 6) is 15.8. The minimum absolute atomic E-state index is 0.540. The lowest BCUT2D eigenvalue weighted by Crippen LogP contribution is -1.99. The molecule has 278 valence electrons. The largest absolute Gasteiger partial charge is 0.489 e. The van der Waals surface area contributed by atoms with E-state index in [9.17, 15) is 0 Å². The molecule has 5 aromatic carbocycles. The molecule has 0 saturated carbocycles. The molecule has 0 spiro atoms. The maximum absolute atomic E-state index is 6.06. The molecule has 0 saturated heterocycles. The van der Waals surface area contributed by atoms with Gasteiger partial charge in [-0.3, -0.25) is 0 Å². The van der Waals surface area contributed by atoms with E-state index >= 15 is 0 Å². The van der Waals surface area contributed by atoms with Crippen molar-refractivity contribution in [2.45, 2.75) is 102 Å². The van der Waals surface area contributed by atoms with E-state index in [0.29, 0.717) is 13.2 Å². The van der Waals surface area contributed by atoms with E-state index < -0.39 is 0 Å². The first kappa shape index (κ1) is 41.0. The lowest BCUT2D eigenvalue weighted by Gasteiger charge is -2.12. The summed E-state index contributed by atoms with van der Waals surface area (Å²) in [5, 5.41) is 1.72. The van der Waals surface area contributed by atoms with E-state index in [-0.39, 0.29) is 0 Å². The van der Waals surface area contributed by atoms with Gasteiger partial charge in [0.2, 0.25) is 0 Å². The zero-order valence-corrected chi connectivity index (χ0v) is 35.0. The van der Waals surface area contributed by atoms with Crippen molar-refractivity contribution in [3.8, 4) is 35.2 Å². The summed E-state index contributed by atoms with van der Waals surface area (Å²) in [5.41, 5.74) is 11.6. The van der Waals surface area contributed by atoms with Gasteiger partial charge in [-0.1, -0.05) is 156 Å². The summed E-state index contributed by atoms with van der Waals surface area (Å²) in [6.07, 6.45) is 11.7. The Bertz CT molecular complexity index is 1840. The molecule has 0 aromatic heterocycles. The summed E-state index contributed by atoms with van der Waals surface area (Å²) in [4.78, 5) is 0. The highest BCUT2D eigenvalue weighted by atomic mass is 79.9. The first-order valence-corrected chi connectivity index (χ1v) is 21.7. The van der Waals surface area contributed by atoms with Crippen LogP contribution in [0.15, 0.2) is 109 Å². The normalized spacial score (nSPS) is 10.6. The molecule has 0 heterocycles. The number of benzene rings is 5. The predicted molar refractivity (Wildman–Crippen MR) is 234 cm³/mol. The summed E-state index contributed by atoms with van der Waals surface area (Å²) in [7, 11) is 0. The topological polar surface area (TPSA) is 18.5 Å². The second-order valence-corrected chi connectivity index (χ2v) is 14.9. The molecule has 0 fully saturated rings. The molecule has 0 radical (unpaired) electrons. The number of aryl methyl sites for hydroxylation is 2. The fraction of sp³-hybridized carbons (Fsp3) is 0.320. The molecule has 5 rings (SSSR count). The number of hydrogen-bond donors (Lipinski definition) is 0. The van der Waals surface area contributed by atoms with E-state index in [1.54, 1.807) is 0 Å². The summed E-state index contributed by atoms with van der Waals surface area (Å²) >= 11 is 7.02. The van der Waals surface area contributed by atoms with Crippen LogP contribution in [0.25, 0.3) is 0 Å². The number of hydrogen-bond acceptors (Lipinski definition) is 2. The number of alkyl halides is 2. The Morgan fingerprint density at radius 2 is 0.796 bits per heavy atom. The van der Waals surface area contributed by atoms with Crippen LogP contribution in [0.2, 0.25) is 0 Å². The number of halogens is 2. The average Bonchev–Trinajstić information content (AvgIpc) is 3.22. The zero-order chi connectivity index (χ0) is 37.8. The molecule has 0 N–H and O–H groups in total. The van der Waals surface area contributed by atoms with Crippen molar-refractivity contribution < 1.29 is 9.47 Å². The third-order valence-electron chi connectivity index (χ3n) is 9.49. The minimum atomic E-state index is 0.540. The van der Waals surface area contributed by atoms with Crippen LogP contribution in [-0.2, 0) is 36.7 Å². The molecule has 0 amide bonds. The summed E-state index contributed by atoms with van der Waals surface area (Å²) < 4.78 is 12.1. The van der Waals surface area contributed by atoms with Crippen LogP contribution >= 0.6 is 31.9 Å². The van der Waals surface area contributed by atoms with Crippen molar-refractivity contribution in [3.05, 3.63) is 165 Å². The van der Waals surface area contributed by atoms with Crippen molar-refractivity contribution in [2.24, 2.45) is 0 Å². The number of unbranched alkanes of at least 4 members (excludes halogenated alkanes) is 6. The van der Waals surface area contributed by atoms with E-state index in [1.165, 1.54) is 60.8 Å². The van der Waals surface area contributed by atoms with E-state index in [0.717, 1.165) is 81.2 Å². The van der Waals surface area contributed by atoms with Crippen molar-refractivity contribution >= 4 is 31.9 Å². The minimum Gasteiger partial charge on any atom is -0.489 e.